The highest BCUT2D eigenvalue weighted by Crippen LogP contribution is 2.21. The van der Waals surface area contributed by atoms with Gasteiger partial charge in [0.25, 0.3) is 10.0 Å². The molecule has 0 atom stereocenters. The van der Waals surface area contributed by atoms with Gasteiger partial charge in [-0.2, -0.15) is 0 Å². The molecular weight excluding hydrogens is 319 g/mol. The molecule has 0 saturated carbocycles. The molecule has 0 unspecified atom stereocenters. The lowest BCUT2D eigenvalue weighted by Crippen LogP contribution is -2.21. The van der Waals surface area contributed by atoms with E-state index in [-0.39, 0.29) is 16.7 Å². The number of halogens is 2. The summed E-state index contributed by atoms with van der Waals surface area (Å²) in [6, 6.07) is 7.24. The molecule has 1 aromatic carbocycles. The fourth-order valence-electron chi connectivity index (χ4n) is 1.57. The Morgan fingerprint density at radius 2 is 2.00 bits per heavy atom. The van der Waals surface area contributed by atoms with Crippen LogP contribution in [0.15, 0.2) is 39.8 Å². The Labute approximate surface area is 127 Å². The Bertz CT molecular complexity index is 744. The first-order valence-corrected chi connectivity index (χ1v) is 7.82. The summed E-state index contributed by atoms with van der Waals surface area (Å²) in [5.41, 5.74) is 0.519. The number of sulfonamides is 1. The molecule has 0 amide bonds. The lowest BCUT2D eigenvalue weighted by Gasteiger charge is -2.08. The van der Waals surface area contributed by atoms with Crippen LogP contribution in [0.25, 0.3) is 0 Å². The van der Waals surface area contributed by atoms with Crippen LogP contribution in [0, 0.1) is 5.82 Å². The molecule has 0 radical (unpaired) electrons. The van der Waals surface area contributed by atoms with Gasteiger partial charge in [0, 0.05) is 19.8 Å². The van der Waals surface area contributed by atoms with Gasteiger partial charge >= 0.3 is 0 Å². The molecule has 114 valence electrons. The van der Waals surface area contributed by atoms with Crippen LogP contribution in [-0.2, 0) is 16.6 Å². The number of nitrogens with zero attached hydrogens (tertiary/aromatic N) is 1. The van der Waals surface area contributed by atoms with Crippen molar-refractivity contribution in [1.29, 1.82) is 0 Å². The normalized spacial score (nSPS) is 11.9. The number of hydrogen-bond donors (Lipinski definition) is 1. The van der Waals surface area contributed by atoms with Crippen LogP contribution in [0.4, 0.5) is 10.1 Å². The lowest BCUT2D eigenvalue weighted by atomic mass is 10.3. The summed E-state index contributed by atoms with van der Waals surface area (Å²) in [6.45, 7) is 0.226. The van der Waals surface area contributed by atoms with Crippen LogP contribution < -0.4 is 5.32 Å². The first kappa shape index (κ1) is 15.8. The third kappa shape index (κ3) is 3.55. The van der Waals surface area contributed by atoms with E-state index in [1.165, 1.54) is 32.3 Å². The summed E-state index contributed by atoms with van der Waals surface area (Å²) < 4.78 is 43.3. The molecule has 5 nitrogen and oxygen atoms in total. The Kier molecular flexibility index (Phi) is 4.55. The first-order valence-electron chi connectivity index (χ1n) is 6.01. The van der Waals surface area contributed by atoms with Crippen LogP contribution in [-0.4, -0.2) is 26.8 Å². The highest BCUT2D eigenvalue weighted by Gasteiger charge is 2.21. The van der Waals surface area contributed by atoms with Crippen molar-refractivity contribution in [3.63, 3.8) is 0 Å². The third-order valence-electron chi connectivity index (χ3n) is 2.76. The van der Waals surface area contributed by atoms with Crippen LogP contribution in [0.1, 0.15) is 5.76 Å². The summed E-state index contributed by atoms with van der Waals surface area (Å²) in [6.07, 6.45) is 0. The zero-order valence-corrected chi connectivity index (χ0v) is 13.0. The average Bonchev–Trinajstić information content (AvgIpc) is 2.89. The molecule has 1 aromatic heterocycles. The van der Waals surface area contributed by atoms with E-state index >= 15 is 0 Å². The van der Waals surface area contributed by atoms with Crippen LogP contribution in [0.5, 0.6) is 0 Å². The number of benzene rings is 1. The van der Waals surface area contributed by atoms with Crippen LogP contribution in [0.2, 0.25) is 5.02 Å². The zero-order chi connectivity index (χ0) is 15.6. The highest BCUT2D eigenvalue weighted by atomic mass is 35.5. The van der Waals surface area contributed by atoms with Crippen LogP contribution in [0.3, 0.4) is 0 Å². The second kappa shape index (κ2) is 6.05. The molecule has 1 N–H and O–H groups in total. The molecule has 0 bridgehead atoms. The molecule has 21 heavy (non-hydrogen) atoms. The smallest absolute Gasteiger partial charge is 0.275 e. The third-order valence-corrected chi connectivity index (χ3v) is 4.75. The number of hydrogen-bond acceptors (Lipinski definition) is 4. The molecular formula is C13H14ClFN2O3S. The van der Waals surface area contributed by atoms with Gasteiger partial charge in [-0.05, 0) is 30.3 Å². The summed E-state index contributed by atoms with van der Waals surface area (Å²) in [5.74, 6) is -0.109. The molecule has 2 rings (SSSR count). The predicted molar refractivity (Wildman–Crippen MR) is 78.3 cm³/mol. The maximum atomic E-state index is 13.3. The van der Waals surface area contributed by atoms with E-state index < -0.39 is 15.8 Å². The van der Waals surface area contributed by atoms with E-state index in [2.05, 4.69) is 5.32 Å². The van der Waals surface area contributed by atoms with Crippen molar-refractivity contribution in [1.82, 2.24) is 4.31 Å². The van der Waals surface area contributed by atoms with Gasteiger partial charge in [0.1, 0.15) is 11.6 Å². The monoisotopic (exact) mass is 332 g/mol. The van der Waals surface area contributed by atoms with Gasteiger partial charge < -0.3 is 9.73 Å². The van der Waals surface area contributed by atoms with Crippen molar-refractivity contribution in [2.75, 3.05) is 19.4 Å². The fourth-order valence-corrected chi connectivity index (χ4v) is 2.50. The van der Waals surface area contributed by atoms with Gasteiger partial charge in [-0.15, -0.1) is 0 Å². The topological polar surface area (TPSA) is 62.6 Å². The molecule has 2 aromatic rings. The Morgan fingerprint density at radius 1 is 1.29 bits per heavy atom. The van der Waals surface area contributed by atoms with E-state index in [9.17, 15) is 12.8 Å². The first-order chi connectivity index (χ1) is 9.80. The van der Waals surface area contributed by atoms with Gasteiger partial charge in [-0.1, -0.05) is 11.6 Å². The molecule has 8 heteroatoms. The van der Waals surface area contributed by atoms with E-state index in [1.54, 1.807) is 12.1 Å². The SMILES string of the molecule is CN(C)S(=O)(=O)c1ccc(CNc2ccc(Cl)c(F)c2)o1. The van der Waals surface area contributed by atoms with E-state index in [4.69, 9.17) is 16.0 Å². The molecule has 0 spiro atoms. The van der Waals surface area contributed by atoms with Crippen molar-refractivity contribution < 1.29 is 17.2 Å². The average molecular weight is 333 g/mol. The minimum absolute atomic E-state index is 0.0397. The van der Waals surface area contributed by atoms with Gasteiger partial charge in [-0.25, -0.2) is 17.1 Å². The fraction of sp³-hybridized carbons (Fsp3) is 0.231. The van der Waals surface area contributed by atoms with Crippen molar-refractivity contribution in [2.45, 2.75) is 11.6 Å². The molecule has 0 aliphatic carbocycles. The number of rotatable bonds is 5. The summed E-state index contributed by atoms with van der Waals surface area (Å²) in [5, 5.41) is 2.83. The largest absolute Gasteiger partial charge is 0.446 e. The second-order valence-electron chi connectivity index (χ2n) is 4.49. The number of nitrogens with one attached hydrogen (secondary N) is 1. The van der Waals surface area contributed by atoms with Gasteiger partial charge in [0.2, 0.25) is 5.09 Å². The van der Waals surface area contributed by atoms with Gasteiger partial charge in [-0.3, -0.25) is 0 Å². The van der Waals surface area contributed by atoms with Gasteiger partial charge in [0.05, 0.1) is 11.6 Å². The second-order valence-corrected chi connectivity index (χ2v) is 6.98. The van der Waals surface area contributed by atoms with E-state index in [0.29, 0.717) is 11.4 Å². The predicted octanol–water partition coefficient (Wildman–Crippen LogP) is 2.93. The standard InChI is InChI=1S/C13H14ClFN2O3S/c1-17(2)21(18,19)13-6-4-10(20-13)8-16-9-3-5-11(14)12(15)7-9/h3-7,16H,8H2,1-2H3. The molecule has 0 saturated heterocycles. The maximum Gasteiger partial charge on any atom is 0.275 e. The van der Waals surface area contributed by atoms with Crippen molar-refractivity contribution in [3.8, 4) is 0 Å². The summed E-state index contributed by atoms with van der Waals surface area (Å²) in [4.78, 5) is 0. The summed E-state index contributed by atoms with van der Waals surface area (Å²) >= 11 is 5.59. The van der Waals surface area contributed by atoms with E-state index in [1.807, 2.05) is 0 Å². The van der Waals surface area contributed by atoms with Crippen LogP contribution >= 0.6 is 11.6 Å². The minimum Gasteiger partial charge on any atom is -0.446 e. The zero-order valence-electron chi connectivity index (χ0n) is 11.4. The van der Waals surface area contributed by atoms with Crippen molar-refractivity contribution in [2.24, 2.45) is 0 Å². The molecule has 0 fully saturated rings. The molecule has 0 aliphatic heterocycles. The van der Waals surface area contributed by atoms with Gasteiger partial charge in [0.15, 0.2) is 0 Å². The van der Waals surface area contributed by atoms with Crippen molar-refractivity contribution in [3.05, 3.63) is 46.9 Å². The van der Waals surface area contributed by atoms with E-state index in [0.717, 1.165) is 4.31 Å². The summed E-state index contributed by atoms with van der Waals surface area (Å²) in [7, 11) is -0.744. The Balaban J connectivity index is 2.08. The Morgan fingerprint density at radius 3 is 2.62 bits per heavy atom. The maximum absolute atomic E-state index is 13.3. The molecule has 1 heterocycles. The Hall–Kier alpha value is -1.57. The number of furan rings is 1. The lowest BCUT2D eigenvalue weighted by molar-refractivity contribution is 0.402. The molecule has 0 aliphatic rings. The minimum atomic E-state index is -3.59. The van der Waals surface area contributed by atoms with Crippen molar-refractivity contribution >= 4 is 27.3 Å². The highest BCUT2D eigenvalue weighted by molar-refractivity contribution is 7.88. The number of anilines is 1. The quantitative estimate of drug-likeness (QED) is 0.914.